The van der Waals surface area contributed by atoms with Gasteiger partial charge >= 0.3 is 0 Å². The molecule has 0 bridgehead atoms. The van der Waals surface area contributed by atoms with E-state index >= 15 is 0 Å². The van der Waals surface area contributed by atoms with Crippen molar-refractivity contribution in [1.82, 2.24) is 9.88 Å². The normalized spacial score (nSPS) is 15.3. The van der Waals surface area contributed by atoms with E-state index in [1.165, 1.54) is 60.6 Å². The predicted octanol–water partition coefficient (Wildman–Crippen LogP) is 6.40. The Morgan fingerprint density at radius 3 is 2.50 bits per heavy atom. The third-order valence-electron chi connectivity index (χ3n) is 5.84. The average molecular weight is 392 g/mol. The van der Waals surface area contributed by atoms with E-state index < -0.39 is 0 Å². The first-order valence-corrected chi connectivity index (χ1v) is 10.8. The lowest BCUT2D eigenvalue weighted by molar-refractivity contribution is 0.281. The van der Waals surface area contributed by atoms with Gasteiger partial charge in [-0.25, -0.2) is 0 Å². The number of hydrogen-bond donors (Lipinski definition) is 2. The lowest BCUT2D eigenvalue weighted by Gasteiger charge is -2.33. The number of H-pyrrole nitrogens is 1. The van der Waals surface area contributed by atoms with E-state index in [0.717, 1.165) is 17.3 Å². The summed E-state index contributed by atoms with van der Waals surface area (Å²) in [7, 11) is 0. The molecule has 28 heavy (non-hydrogen) atoms. The van der Waals surface area contributed by atoms with Crippen LogP contribution in [0.25, 0.3) is 10.9 Å². The minimum Gasteiger partial charge on any atom is -0.361 e. The molecule has 1 heterocycles. The third-order valence-corrected chi connectivity index (χ3v) is 6.18. The average Bonchev–Trinajstić information content (AvgIpc) is 2.92. The molecule has 3 aromatic rings. The Morgan fingerprint density at radius 2 is 1.75 bits per heavy atom. The van der Waals surface area contributed by atoms with Gasteiger partial charge in [-0.3, -0.25) is 0 Å². The highest BCUT2D eigenvalue weighted by atomic mass is 32.1. The maximum atomic E-state index is 5.92. The molecule has 2 aromatic carbocycles. The van der Waals surface area contributed by atoms with Gasteiger partial charge in [0.2, 0.25) is 0 Å². The minimum atomic E-state index is 0.501. The summed E-state index contributed by atoms with van der Waals surface area (Å²) >= 11 is 5.92. The lowest BCUT2D eigenvalue weighted by atomic mass is 10.1. The smallest absolute Gasteiger partial charge is 0.173 e. The number of aromatic nitrogens is 1. The van der Waals surface area contributed by atoms with Crippen LogP contribution in [-0.4, -0.2) is 21.0 Å². The summed E-state index contributed by atoms with van der Waals surface area (Å²) in [6.45, 7) is 2.95. The number of fused-ring (bicyclic) bond motifs is 1. The van der Waals surface area contributed by atoms with Crippen LogP contribution in [0, 0.1) is 6.92 Å². The van der Waals surface area contributed by atoms with Crippen LogP contribution in [-0.2, 0) is 6.54 Å². The molecule has 3 nitrogen and oxygen atoms in total. The van der Waals surface area contributed by atoms with E-state index in [9.17, 15) is 0 Å². The Kier molecular flexibility index (Phi) is 5.96. The van der Waals surface area contributed by atoms with E-state index in [0.29, 0.717) is 6.04 Å². The number of para-hydroxylation sites is 1. The predicted molar refractivity (Wildman–Crippen MR) is 123 cm³/mol. The Bertz CT molecular complexity index is 920. The highest BCUT2D eigenvalue weighted by Gasteiger charge is 2.23. The zero-order valence-corrected chi connectivity index (χ0v) is 17.4. The number of nitrogens with zero attached hydrogens (tertiary/aromatic N) is 1. The van der Waals surface area contributed by atoms with Gasteiger partial charge in [0.25, 0.3) is 0 Å². The molecule has 0 amide bonds. The van der Waals surface area contributed by atoms with Crippen molar-refractivity contribution in [3.05, 3.63) is 65.9 Å². The molecule has 0 spiro atoms. The summed E-state index contributed by atoms with van der Waals surface area (Å²) in [6, 6.07) is 17.5. The molecule has 0 aliphatic heterocycles. The monoisotopic (exact) mass is 391 g/mol. The van der Waals surface area contributed by atoms with Gasteiger partial charge < -0.3 is 15.2 Å². The number of benzene rings is 2. The summed E-state index contributed by atoms with van der Waals surface area (Å²) in [4.78, 5) is 5.84. The fraction of sp³-hybridized carbons (Fsp3) is 0.375. The van der Waals surface area contributed by atoms with Crippen LogP contribution in [0.4, 0.5) is 5.69 Å². The number of aryl methyl sites for hydroxylation is 1. The van der Waals surface area contributed by atoms with Gasteiger partial charge in [0, 0.05) is 35.4 Å². The van der Waals surface area contributed by atoms with E-state index in [4.69, 9.17) is 12.2 Å². The Balaban J connectivity index is 1.59. The number of rotatable bonds is 4. The molecule has 2 N–H and O–H groups in total. The number of anilines is 1. The van der Waals surface area contributed by atoms with Crippen molar-refractivity contribution < 1.29 is 0 Å². The van der Waals surface area contributed by atoms with Gasteiger partial charge in [0.15, 0.2) is 5.11 Å². The van der Waals surface area contributed by atoms with Crippen LogP contribution >= 0.6 is 12.2 Å². The molecular formula is C24H29N3S. The van der Waals surface area contributed by atoms with Gasteiger partial charge in [-0.05, 0) is 55.7 Å². The van der Waals surface area contributed by atoms with Crippen molar-refractivity contribution in [3.63, 3.8) is 0 Å². The topological polar surface area (TPSA) is 31.1 Å². The van der Waals surface area contributed by atoms with E-state index in [2.05, 4.69) is 76.9 Å². The maximum Gasteiger partial charge on any atom is 0.173 e. The fourth-order valence-electron chi connectivity index (χ4n) is 4.21. The van der Waals surface area contributed by atoms with E-state index in [-0.39, 0.29) is 0 Å². The van der Waals surface area contributed by atoms with Gasteiger partial charge in [-0.1, -0.05) is 61.6 Å². The molecule has 0 saturated heterocycles. The second kappa shape index (κ2) is 8.78. The molecule has 146 valence electrons. The van der Waals surface area contributed by atoms with Crippen LogP contribution in [0.5, 0.6) is 0 Å². The quantitative estimate of drug-likeness (QED) is 0.399. The number of aromatic amines is 1. The second-order valence-electron chi connectivity index (χ2n) is 7.93. The van der Waals surface area contributed by atoms with Gasteiger partial charge in [0.1, 0.15) is 0 Å². The fourth-order valence-corrected chi connectivity index (χ4v) is 4.55. The maximum absolute atomic E-state index is 5.92. The number of nitrogens with one attached hydrogen (secondary N) is 2. The summed E-state index contributed by atoms with van der Waals surface area (Å²) < 4.78 is 0. The summed E-state index contributed by atoms with van der Waals surface area (Å²) in [5.74, 6) is 0. The van der Waals surface area contributed by atoms with Crippen LogP contribution < -0.4 is 5.32 Å². The van der Waals surface area contributed by atoms with Crippen molar-refractivity contribution in [3.8, 4) is 0 Å². The zero-order chi connectivity index (χ0) is 19.3. The Hall–Kier alpha value is -2.33. The van der Waals surface area contributed by atoms with Crippen molar-refractivity contribution in [2.75, 3.05) is 5.32 Å². The first-order valence-electron chi connectivity index (χ1n) is 10.4. The Labute approximate surface area is 173 Å². The number of hydrogen-bond acceptors (Lipinski definition) is 1. The number of thiocarbonyl (C=S) groups is 1. The van der Waals surface area contributed by atoms with Crippen molar-refractivity contribution >= 4 is 33.9 Å². The highest BCUT2D eigenvalue weighted by molar-refractivity contribution is 7.80. The van der Waals surface area contributed by atoms with E-state index in [1.54, 1.807) is 0 Å². The van der Waals surface area contributed by atoms with E-state index in [1.807, 2.05) is 0 Å². The molecule has 1 aromatic heterocycles. The summed E-state index contributed by atoms with van der Waals surface area (Å²) in [6.07, 6.45) is 9.86. The highest BCUT2D eigenvalue weighted by Crippen LogP contribution is 2.27. The SMILES string of the molecule is Cc1ccc(NC(=S)N(Cc2c[nH]c3ccccc23)C2CCCCCC2)cc1. The standard InChI is InChI=1S/C24H29N3S/c1-18-12-14-20(15-13-18)26-24(28)27(21-8-4-2-3-5-9-21)17-19-16-25-23-11-7-6-10-22(19)23/h6-7,10-16,21,25H,2-5,8-9,17H2,1H3,(H,26,28). The molecule has 0 atom stereocenters. The molecule has 4 heteroatoms. The van der Waals surface area contributed by atoms with Crippen LogP contribution in [0.2, 0.25) is 0 Å². The van der Waals surface area contributed by atoms with Crippen LogP contribution in [0.15, 0.2) is 54.7 Å². The molecule has 0 unspecified atom stereocenters. The lowest BCUT2D eigenvalue weighted by Crippen LogP contribution is -2.42. The first kappa shape index (κ1) is 19.0. The summed E-state index contributed by atoms with van der Waals surface area (Å²) in [5, 5.41) is 5.62. The first-order chi connectivity index (χ1) is 13.7. The van der Waals surface area contributed by atoms with Crippen LogP contribution in [0.3, 0.4) is 0 Å². The van der Waals surface area contributed by atoms with Crippen LogP contribution in [0.1, 0.15) is 49.7 Å². The minimum absolute atomic E-state index is 0.501. The van der Waals surface area contributed by atoms with Gasteiger partial charge in [-0.2, -0.15) is 0 Å². The van der Waals surface area contributed by atoms with Crippen molar-refractivity contribution in [2.45, 2.75) is 58.0 Å². The largest absolute Gasteiger partial charge is 0.361 e. The third kappa shape index (κ3) is 4.39. The second-order valence-corrected chi connectivity index (χ2v) is 8.32. The molecule has 0 radical (unpaired) electrons. The molecular weight excluding hydrogens is 362 g/mol. The van der Waals surface area contributed by atoms with Crippen molar-refractivity contribution in [2.24, 2.45) is 0 Å². The molecule has 1 aliphatic carbocycles. The molecule has 1 saturated carbocycles. The zero-order valence-electron chi connectivity index (χ0n) is 16.6. The van der Waals surface area contributed by atoms with Gasteiger partial charge in [0.05, 0.1) is 0 Å². The van der Waals surface area contributed by atoms with Gasteiger partial charge in [-0.15, -0.1) is 0 Å². The summed E-state index contributed by atoms with van der Waals surface area (Å²) in [5.41, 5.74) is 4.83. The molecule has 1 aliphatic rings. The Morgan fingerprint density at radius 1 is 1.04 bits per heavy atom. The molecule has 4 rings (SSSR count). The van der Waals surface area contributed by atoms with Crippen molar-refractivity contribution in [1.29, 1.82) is 0 Å². The molecule has 1 fully saturated rings.